The van der Waals surface area contributed by atoms with Crippen LogP contribution in [-0.2, 0) is 11.3 Å². The van der Waals surface area contributed by atoms with Crippen molar-refractivity contribution in [3.05, 3.63) is 45.5 Å². The Morgan fingerprint density at radius 2 is 1.68 bits per heavy atom. The normalized spacial score (nSPS) is 10.5. The van der Waals surface area contributed by atoms with Gasteiger partial charge in [-0.2, -0.15) is 0 Å². The molecule has 6 nitrogen and oxygen atoms in total. The fourth-order valence-corrected chi connectivity index (χ4v) is 2.74. The lowest BCUT2D eigenvalue weighted by Gasteiger charge is -2.18. The Hall–Kier alpha value is -2.50. The summed E-state index contributed by atoms with van der Waals surface area (Å²) in [6, 6.07) is 7.87. The summed E-state index contributed by atoms with van der Waals surface area (Å²) in [5.41, 5.74) is 1.98. The van der Waals surface area contributed by atoms with Crippen LogP contribution >= 0.6 is 0 Å². The van der Waals surface area contributed by atoms with Gasteiger partial charge in [0.05, 0.1) is 20.8 Å². The first-order valence-electron chi connectivity index (χ1n) is 6.99. The third-order valence-electron chi connectivity index (χ3n) is 3.66. The number of fused-ring (bicyclic) bond motifs is 1. The Kier molecular flexibility index (Phi) is 5.04. The van der Waals surface area contributed by atoms with Gasteiger partial charge in [0.15, 0.2) is 0 Å². The highest BCUT2D eigenvalue weighted by atomic mass is 16.9. The Labute approximate surface area is 128 Å². The first-order chi connectivity index (χ1) is 10.6. The van der Waals surface area contributed by atoms with E-state index in [1.54, 1.807) is 14.2 Å². The van der Waals surface area contributed by atoms with Crippen LogP contribution in [0.25, 0.3) is 10.8 Å². The second kappa shape index (κ2) is 6.98. The van der Waals surface area contributed by atoms with E-state index in [4.69, 9.17) is 9.47 Å². The van der Waals surface area contributed by atoms with E-state index in [1.807, 2.05) is 31.2 Å². The average Bonchev–Trinajstić information content (AvgIpc) is 2.51. The highest BCUT2D eigenvalue weighted by Gasteiger charge is 2.17. The molecule has 22 heavy (non-hydrogen) atoms. The lowest BCUT2D eigenvalue weighted by atomic mass is 9.95. The molecule has 0 unspecified atom stereocenters. The molecule has 0 aliphatic rings. The zero-order valence-corrected chi connectivity index (χ0v) is 12.9. The van der Waals surface area contributed by atoms with E-state index in [9.17, 15) is 10.1 Å². The van der Waals surface area contributed by atoms with Gasteiger partial charge in [0, 0.05) is 16.3 Å². The predicted molar refractivity (Wildman–Crippen MR) is 83.1 cm³/mol. The number of rotatable bonds is 7. The van der Waals surface area contributed by atoms with Gasteiger partial charge in [-0.05, 0) is 25.3 Å². The Bertz CT molecular complexity index is 684. The van der Waals surface area contributed by atoms with Crippen LogP contribution in [0.3, 0.4) is 0 Å². The molecule has 0 bridgehead atoms. The summed E-state index contributed by atoms with van der Waals surface area (Å²) in [6.07, 6.45) is 1.14. The van der Waals surface area contributed by atoms with E-state index >= 15 is 0 Å². The summed E-state index contributed by atoms with van der Waals surface area (Å²) in [7, 11) is 3.27. The summed E-state index contributed by atoms with van der Waals surface area (Å²) in [5, 5.41) is 11.4. The van der Waals surface area contributed by atoms with Gasteiger partial charge in [-0.25, -0.2) is 0 Å². The number of methoxy groups -OCH3 is 2. The third kappa shape index (κ3) is 3.05. The lowest BCUT2D eigenvalue weighted by molar-refractivity contribution is -0.757. The molecule has 0 aliphatic heterocycles. The van der Waals surface area contributed by atoms with Gasteiger partial charge in [-0.3, -0.25) is 0 Å². The zero-order chi connectivity index (χ0) is 16.1. The van der Waals surface area contributed by atoms with Crippen molar-refractivity contribution in [1.29, 1.82) is 0 Å². The van der Waals surface area contributed by atoms with Gasteiger partial charge in [0.2, 0.25) is 0 Å². The van der Waals surface area contributed by atoms with Crippen LogP contribution in [0.5, 0.6) is 11.5 Å². The second-order valence-electron chi connectivity index (χ2n) is 4.88. The molecule has 0 saturated heterocycles. The fourth-order valence-electron chi connectivity index (χ4n) is 2.74. The predicted octanol–water partition coefficient (Wildman–Crippen LogP) is 3.31. The van der Waals surface area contributed by atoms with E-state index in [-0.39, 0.29) is 6.61 Å². The van der Waals surface area contributed by atoms with E-state index in [0.717, 1.165) is 33.4 Å². The van der Waals surface area contributed by atoms with Crippen LogP contribution in [0.1, 0.15) is 17.5 Å². The summed E-state index contributed by atoms with van der Waals surface area (Å²) < 4.78 is 11.1. The van der Waals surface area contributed by atoms with E-state index in [1.165, 1.54) is 0 Å². The van der Waals surface area contributed by atoms with Gasteiger partial charge in [0.25, 0.3) is 5.09 Å². The maximum Gasteiger partial charge on any atom is 0.294 e. The largest absolute Gasteiger partial charge is 0.496 e. The molecule has 0 aliphatic carbocycles. The van der Waals surface area contributed by atoms with Gasteiger partial charge in [-0.1, -0.05) is 24.3 Å². The van der Waals surface area contributed by atoms with E-state index in [0.29, 0.717) is 12.8 Å². The number of ether oxygens (including phenoxy) is 2. The monoisotopic (exact) mass is 305 g/mol. The van der Waals surface area contributed by atoms with Crippen LogP contribution in [0.15, 0.2) is 24.3 Å². The van der Waals surface area contributed by atoms with Crippen LogP contribution in [0.2, 0.25) is 0 Å². The van der Waals surface area contributed by atoms with Crippen molar-refractivity contribution in [3.8, 4) is 11.5 Å². The highest BCUT2D eigenvalue weighted by Crippen LogP contribution is 2.40. The van der Waals surface area contributed by atoms with Crippen LogP contribution < -0.4 is 9.47 Å². The molecule has 118 valence electrons. The molecule has 2 aromatic carbocycles. The summed E-state index contributed by atoms with van der Waals surface area (Å²) in [4.78, 5) is 14.6. The van der Waals surface area contributed by atoms with Gasteiger partial charge >= 0.3 is 0 Å². The SMILES string of the molecule is COc1c(C)c(CCCO[N+](=O)[O-])c(OC)c2ccccc12. The molecule has 0 atom stereocenters. The molecule has 0 saturated carbocycles. The number of hydrogen-bond acceptors (Lipinski definition) is 5. The lowest BCUT2D eigenvalue weighted by Crippen LogP contribution is -2.05. The van der Waals surface area contributed by atoms with Crippen molar-refractivity contribution in [3.63, 3.8) is 0 Å². The molecular formula is C16H19NO5. The molecule has 2 aromatic rings. The maximum atomic E-state index is 10.2. The van der Waals surface area contributed by atoms with Gasteiger partial charge < -0.3 is 14.3 Å². The molecule has 0 spiro atoms. The maximum absolute atomic E-state index is 10.2. The Morgan fingerprint density at radius 1 is 1.09 bits per heavy atom. The number of nitrogens with zero attached hydrogens (tertiary/aromatic N) is 1. The van der Waals surface area contributed by atoms with Gasteiger partial charge in [0.1, 0.15) is 11.5 Å². The Morgan fingerprint density at radius 3 is 2.23 bits per heavy atom. The minimum absolute atomic E-state index is 0.0603. The number of benzene rings is 2. The molecule has 0 amide bonds. The second-order valence-corrected chi connectivity index (χ2v) is 4.88. The standard InChI is InChI=1S/C16H19NO5/c1-11-12(9-6-10-22-17(18)19)16(21-3)14-8-5-4-7-13(14)15(11)20-2/h4-5,7-8H,6,9-10H2,1-3H3. The molecule has 2 rings (SSSR count). The molecule has 6 heteroatoms. The minimum Gasteiger partial charge on any atom is -0.496 e. The zero-order valence-electron chi connectivity index (χ0n) is 12.9. The highest BCUT2D eigenvalue weighted by molar-refractivity contribution is 5.96. The van der Waals surface area contributed by atoms with Crippen molar-refractivity contribution in [2.24, 2.45) is 0 Å². The minimum atomic E-state index is -0.773. The summed E-state index contributed by atoms with van der Waals surface area (Å²) >= 11 is 0. The third-order valence-corrected chi connectivity index (χ3v) is 3.66. The van der Waals surface area contributed by atoms with Crippen molar-refractivity contribution in [1.82, 2.24) is 0 Å². The van der Waals surface area contributed by atoms with Crippen LogP contribution in [0, 0.1) is 17.0 Å². The van der Waals surface area contributed by atoms with Crippen LogP contribution in [0.4, 0.5) is 0 Å². The number of hydrogen-bond donors (Lipinski definition) is 0. The smallest absolute Gasteiger partial charge is 0.294 e. The molecule has 0 N–H and O–H groups in total. The summed E-state index contributed by atoms with van der Waals surface area (Å²) in [6.45, 7) is 2.03. The van der Waals surface area contributed by atoms with Crippen molar-refractivity contribution < 1.29 is 19.4 Å². The van der Waals surface area contributed by atoms with E-state index in [2.05, 4.69) is 4.84 Å². The Balaban J connectivity index is 2.43. The molecule has 0 radical (unpaired) electrons. The summed E-state index contributed by atoms with van der Waals surface area (Å²) in [5.74, 6) is 1.59. The first kappa shape index (κ1) is 15.9. The molecule has 0 aromatic heterocycles. The fraction of sp³-hybridized carbons (Fsp3) is 0.375. The van der Waals surface area contributed by atoms with Crippen molar-refractivity contribution >= 4 is 10.8 Å². The van der Waals surface area contributed by atoms with Crippen molar-refractivity contribution in [2.75, 3.05) is 20.8 Å². The van der Waals surface area contributed by atoms with Crippen molar-refractivity contribution in [2.45, 2.75) is 19.8 Å². The van der Waals surface area contributed by atoms with Gasteiger partial charge in [-0.15, -0.1) is 10.1 Å². The average molecular weight is 305 g/mol. The molecular weight excluding hydrogens is 286 g/mol. The first-order valence-corrected chi connectivity index (χ1v) is 6.99. The quantitative estimate of drug-likeness (QED) is 0.446. The molecule has 0 fully saturated rings. The topological polar surface area (TPSA) is 70.8 Å². The van der Waals surface area contributed by atoms with E-state index < -0.39 is 5.09 Å². The van der Waals surface area contributed by atoms with Crippen LogP contribution in [-0.4, -0.2) is 25.9 Å². The molecule has 0 heterocycles.